The lowest BCUT2D eigenvalue weighted by atomic mass is 9.93. The summed E-state index contributed by atoms with van der Waals surface area (Å²) in [5.41, 5.74) is 5.71. The monoisotopic (exact) mass is 255 g/mol. The first kappa shape index (κ1) is 12.2. The van der Waals surface area contributed by atoms with E-state index in [0.29, 0.717) is 17.5 Å². The number of esters is 1. The van der Waals surface area contributed by atoms with E-state index in [1.54, 1.807) is 0 Å². The van der Waals surface area contributed by atoms with Crippen LogP contribution in [0.25, 0.3) is 0 Å². The van der Waals surface area contributed by atoms with Crippen LogP contribution in [0.3, 0.4) is 0 Å². The zero-order valence-electron chi connectivity index (χ0n) is 9.86. The molecule has 5 nitrogen and oxygen atoms in total. The molecule has 0 atom stereocenters. The van der Waals surface area contributed by atoms with Crippen molar-refractivity contribution in [1.29, 1.82) is 0 Å². The van der Waals surface area contributed by atoms with E-state index in [0.717, 1.165) is 24.4 Å². The van der Waals surface area contributed by atoms with Gasteiger partial charge in [0.05, 0.1) is 6.61 Å². The molecule has 1 saturated carbocycles. The van der Waals surface area contributed by atoms with Crippen LogP contribution < -0.4 is 11.1 Å². The summed E-state index contributed by atoms with van der Waals surface area (Å²) in [4.78, 5) is 16.2. The van der Waals surface area contributed by atoms with Crippen molar-refractivity contribution in [3.8, 4) is 0 Å². The van der Waals surface area contributed by atoms with Gasteiger partial charge in [0.2, 0.25) is 0 Å². The van der Waals surface area contributed by atoms with Gasteiger partial charge in [0.1, 0.15) is 0 Å². The van der Waals surface area contributed by atoms with Gasteiger partial charge in [-0.2, -0.15) is 0 Å². The second kappa shape index (κ2) is 5.35. The molecule has 0 saturated heterocycles. The smallest absolute Gasteiger partial charge is 0.352 e. The Balaban J connectivity index is 1.99. The van der Waals surface area contributed by atoms with Gasteiger partial charge in [0.15, 0.2) is 15.8 Å². The number of hydrogen-bond donors (Lipinski definition) is 2. The van der Waals surface area contributed by atoms with Crippen LogP contribution in [-0.2, 0) is 4.74 Å². The number of nitrogens with zero attached hydrogens (tertiary/aromatic N) is 1. The Morgan fingerprint density at radius 2 is 2.41 bits per heavy atom. The van der Waals surface area contributed by atoms with Crippen LogP contribution in [-0.4, -0.2) is 23.6 Å². The quantitative estimate of drug-likeness (QED) is 0.789. The second-order valence-electron chi connectivity index (χ2n) is 4.14. The Hall–Kier alpha value is -1.30. The minimum Gasteiger partial charge on any atom is -0.461 e. The highest BCUT2D eigenvalue weighted by Crippen LogP contribution is 2.29. The van der Waals surface area contributed by atoms with Crippen LogP contribution in [0.1, 0.15) is 42.3 Å². The SMILES string of the molecule is CCCOC(=O)c1sc(NC2CCC2)nc1N. The summed E-state index contributed by atoms with van der Waals surface area (Å²) in [6.45, 7) is 2.37. The van der Waals surface area contributed by atoms with Gasteiger partial charge in [0, 0.05) is 6.04 Å². The van der Waals surface area contributed by atoms with Crippen molar-refractivity contribution in [1.82, 2.24) is 4.98 Å². The molecule has 1 heterocycles. The Morgan fingerprint density at radius 3 is 3.00 bits per heavy atom. The Kier molecular flexibility index (Phi) is 3.83. The van der Waals surface area contributed by atoms with Gasteiger partial charge < -0.3 is 15.8 Å². The zero-order chi connectivity index (χ0) is 12.3. The van der Waals surface area contributed by atoms with Gasteiger partial charge in [0.25, 0.3) is 0 Å². The van der Waals surface area contributed by atoms with Crippen molar-refractivity contribution in [3.63, 3.8) is 0 Å². The van der Waals surface area contributed by atoms with Crippen molar-refractivity contribution in [2.75, 3.05) is 17.7 Å². The summed E-state index contributed by atoms with van der Waals surface area (Å²) in [5.74, 6) is -0.110. The standard InChI is InChI=1S/C11H17N3O2S/c1-2-6-16-10(15)8-9(12)14-11(17-8)13-7-4-3-5-7/h7H,2-6,12H2,1H3,(H,13,14). The second-order valence-corrected chi connectivity index (χ2v) is 5.14. The number of ether oxygens (including phenoxy) is 1. The van der Waals surface area contributed by atoms with Gasteiger partial charge in [-0.1, -0.05) is 18.3 Å². The first-order valence-corrected chi connectivity index (χ1v) is 6.72. The number of nitrogen functional groups attached to an aromatic ring is 1. The molecule has 1 aromatic rings. The summed E-state index contributed by atoms with van der Waals surface area (Å²) >= 11 is 1.27. The van der Waals surface area contributed by atoms with Crippen LogP contribution in [0.2, 0.25) is 0 Å². The number of rotatable bonds is 5. The molecule has 0 radical (unpaired) electrons. The molecule has 94 valence electrons. The van der Waals surface area contributed by atoms with E-state index in [-0.39, 0.29) is 11.8 Å². The normalized spacial score (nSPS) is 15.4. The van der Waals surface area contributed by atoms with Gasteiger partial charge in [-0.05, 0) is 25.7 Å². The fraction of sp³-hybridized carbons (Fsp3) is 0.636. The topological polar surface area (TPSA) is 77.2 Å². The first-order valence-electron chi connectivity index (χ1n) is 5.90. The number of hydrogen-bond acceptors (Lipinski definition) is 6. The number of nitrogens with two attached hydrogens (primary N) is 1. The highest BCUT2D eigenvalue weighted by molar-refractivity contribution is 7.17. The van der Waals surface area contributed by atoms with Gasteiger partial charge in [-0.3, -0.25) is 0 Å². The van der Waals surface area contributed by atoms with Crippen LogP contribution in [0.15, 0.2) is 0 Å². The largest absolute Gasteiger partial charge is 0.461 e. The number of carbonyl (C=O) groups is 1. The summed E-state index contributed by atoms with van der Waals surface area (Å²) in [6, 6.07) is 0.486. The van der Waals surface area contributed by atoms with Gasteiger partial charge in [-0.15, -0.1) is 0 Å². The van der Waals surface area contributed by atoms with E-state index in [4.69, 9.17) is 10.5 Å². The summed E-state index contributed by atoms with van der Waals surface area (Å²) < 4.78 is 5.04. The predicted octanol–water partition coefficient (Wildman–Crippen LogP) is 2.26. The molecular formula is C11H17N3O2S. The van der Waals surface area contributed by atoms with Crippen molar-refractivity contribution < 1.29 is 9.53 Å². The number of nitrogens with one attached hydrogen (secondary N) is 1. The number of thiazole rings is 1. The lowest BCUT2D eigenvalue weighted by molar-refractivity contribution is 0.0512. The molecule has 3 N–H and O–H groups in total. The number of carbonyl (C=O) groups excluding carboxylic acids is 1. The molecule has 0 bridgehead atoms. The summed E-state index contributed by atoms with van der Waals surface area (Å²) in [7, 11) is 0. The maximum Gasteiger partial charge on any atom is 0.352 e. The Morgan fingerprint density at radius 1 is 1.65 bits per heavy atom. The molecule has 0 amide bonds. The first-order chi connectivity index (χ1) is 8.20. The highest BCUT2D eigenvalue weighted by atomic mass is 32.1. The van der Waals surface area contributed by atoms with Crippen LogP contribution in [0.5, 0.6) is 0 Å². The van der Waals surface area contributed by atoms with E-state index < -0.39 is 0 Å². The third kappa shape index (κ3) is 2.88. The molecule has 2 rings (SSSR count). The van der Waals surface area contributed by atoms with E-state index in [1.807, 2.05) is 6.92 Å². The highest BCUT2D eigenvalue weighted by Gasteiger charge is 2.21. The third-order valence-electron chi connectivity index (χ3n) is 2.71. The van der Waals surface area contributed by atoms with Crippen LogP contribution in [0.4, 0.5) is 10.9 Å². The van der Waals surface area contributed by atoms with Crippen LogP contribution >= 0.6 is 11.3 Å². The van der Waals surface area contributed by atoms with Gasteiger partial charge in [-0.25, -0.2) is 9.78 Å². The minimum absolute atomic E-state index is 0.262. The van der Waals surface area contributed by atoms with Gasteiger partial charge >= 0.3 is 5.97 Å². The lowest BCUT2D eigenvalue weighted by Crippen LogP contribution is -2.26. The van der Waals surface area contributed by atoms with E-state index in [9.17, 15) is 4.79 Å². The maximum atomic E-state index is 11.6. The molecule has 1 aliphatic carbocycles. The molecule has 1 fully saturated rings. The molecular weight excluding hydrogens is 238 g/mol. The molecule has 1 aromatic heterocycles. The molecule has 17 heavy (non-hydrogen) atoms. The minimum atomic E-state index is -0.372. The van der Waals surface area contributed by atoms with Crippen molar-refractivity contribution in [2.24, 2.45) is 0 Å². The Bertz CT molecular complexity index is 401. The lowest BCUT2D eigenvalue weighted by Gasteiger charge is -2.25. The number of anilines is 2. The number of aromatic nitrogens is 1. The third-order valence-corrected chi connectivity index (χ3v) is 3.69. The molecule has 0 aromatic carbocycles. The fourth-order valence-electron chi connectivity index (χ4n) is 1.53. The molecule has 1 aliphatic rings. The molecule has 0 spiro atoms. The molecule has 0 aliphatic heterocycles. The predicted molar refractivity (Wildman–Crippen MR) is 68.4 cm³/mol. The van der Waals surface area contributed by atoms with E-state index >= 15 is 0 Å². The maximum absolute atomic E-state index is 11.6. The molecule has 6 heteroatoms. The molecule has 0 unspecified atom stereocenters. The average Bonchev–Trinajstić information content (AvgIpc) is 2.62. The van der Waals surface area contributed by atoms with Crippen molar-refractivity contribution in [3.05, 3.63) is 4.88 Å². The summed E-state index contributed by atoms with van der Waals surface area (Å²) in [5, 5.41) is 3.99. The average molecular weight is 255 g/mol. The van der Waals surface area contributed by atoms with Crippen molar-refractivity contribution >= 4 is 28.3 Å². The fourth-order valence-corrected chi connectivity index (χ4v) is 2.38. The van der Waals surface area contributed by atoms with Crippen molar-refractivity contribution in [2.45, 2.75) is 38.6 Å². The summed E-state index contributed by atoms with van der Waals surface area (Å²) in [6.07, 6.45) is 4.38. The zero-order valence-corrected chi connectivity index (χ0v) is 10.7. The Labute approximate surface area is 104 Å². The van der Waals surface area contributed by atoms with E-state index in [2.05, 4.69) is 10.3 Å². The van der Waals surface area contributed by atoms with E-state index in [1.165, 1.54) is 17.8 Å². The van der Waals surface area contributed by atoms with Crippen LogP contribution in [0, 0.1) is 0 Å².